The minimum Gasteiger partial charge on any atom is -0.469 e. The molecule has 0 amide bonds. The second-order valence-electron chi connectivity index (χ2n) is 4.52. The summed E-state index contributed by atoms with van der Waals surface area (Å²) in [6.45, 7) is 8.02. The van der Waals surface area contributed by atoms with Gasteiger partial charge in [-0.15, -0.1) is 0 Å². The second kappa shape index (κ2) is 6.18. The van der Waals surface area contributed by atoms with E-state index in [-0.39, 0.29) is 17.9 Å². The lowest BCUT2D eigenvalue weighted by Gasteiger charge is -2.35. The minimum absolute atomic E-state index is 0.107. The van der Waals surface area contributed by atoms with Gasteiger partial charge in [0.1, 0.15) is 0 Å². The summed E-state index contributed by atoms with van der Waals surface area (Å²) in [4.78, 5) is 13.7. The third kappa shape index (κ3) is 3.73. The number of hydrazine groups is 1. The number of carbonyl (C=O) groups is 1. The molecule has 94 valence electrons. The lowest BCUT2D eigenvalue weighted by atomic mass is 10.1. The zero-order valence-corrected chi connectivity index (χ0v) is 10.7. The minimum atomic E-state index is -0.158. The molecule has 1 fully saturated rings. The second-order valence-corrected chi connectivity index (χ2v) is 4.52. The summed E-state index contributed by atoms with van der Waals surface area (Å²) < 4.78 is 4.73. The Morgan fingerprint density at radius 3 is 2.31 bits per heavy atom. The first-order valence-corrected chi connectivity index (χ1v) is 5.82. The molecule has 1 heterocycles. The van der Waals surface area contributed by atoms with Crippen molar-refractivity contribution in [1.29, 1.82) is 0 Å². The standard InChI is InChI=1S/C11H23N3O2/c1-9(11(15)16-4)10(2)12-14-7-5-13(3)6-8-14/h9-10,12H,5-8H2,1-4H3. The van der Waals surface area contributed by atoms with Crippen molar-refractivity contribution in [1.82, 2.24) is 15.3 Å². The average molecular weight is 229 g/mol. The molecule has 16 heavy (non-hydrogen) atoms. The van der Waals surface area contributed by atoms with E-state index in [0.29, 0.717) is 0 Å². The van der Waals surface area contributed by atoms with Gasteiger partial charge in [0.2, 0.25) is 0 Å². The topological polar surface area (TPSA) is 44.8 Å². The third-order valence-electron chi connectivity index (χ3n) is 3.21. The molecule has 1 N–H and O–H groups in total. The lowest BCUT2D eigenvalue weighted by Crippen LogP contribution is -2.55. The Balaban J connectivity index is 2.33. The Bertz CT molecular complexity index is 227. The maximum absolute atomic E-state index is 11.4. The van der Waals surface area contributed by atoms with Crippen LogP contribution < -0.4 is 5.43 Å². The molecular formula is C11H23N3O2. The number of nitrogens with zero attached hydrogens (tertiary/aromatic N) is 2. The molecular weight excluding hydrogens is 206 g/mol. The van der Waals surface area contributed by atoms with Crippen LogP contribution in [0.5, 0.6) is 0 Å². The smallest absolute Gasteiger partial charge is 0.310 e. The number of likely N-dealkylation sites (N-methyl/N-ethyl adjacent to an activating group) is 1. The van der Waals surface area contributed by atoms with Gasteiger partial charge >= 0.3 is 5.97 Å². The number of ether oxygens (including phenoxy) is 1. The molecule has 0 saturated carbocycles. The van der Waals surface area contributed by atoms with Gasteiger partial charge in [0.05, 0.1) is 13.0 Å². The van der Waals surface area contributed by atoms with Crippen molar-refractivity contribution < 1.29 is 9.53 Å². The van der Waals surface area contributed by atoms with Gasteiger partial charge < -0.3 is 9.64 Å². The van der Waals surface area contributed by atoms with E-state index in [0.717, 1.165) is 26.2 Å². The summed E-state index contributed by atoms with van der Waals surface area (Å²) in [5, 5.41) is 2.18. The molecule has 1 saturated heterocycles. The van der Waals surface area contributed by atoms with E-state index in [1.807, 2.05) is 13.8 Å². The van der Waals surface area contributed by atoms with Gasteiger partial charge in [-0.3, -0.25) is 10.2 Å². The molecule has 0 radical (unpaired) electrons. The first kappa shape index (κ1) is 13.4. The zero-order valence-electron chi connectivity index (χ0n) is 10.7. The van der Waals surface area contributed by atoms with Crippen LogP contribution >= 0.6 is 0 Å². The summed E-state index contributed by atoms with van der Waals surface area (Å²) in [6, 6.07) is 0.107. The molecule has 2 atom stereocenters. The van der Waals surface area contributed by atoms with Crippen molar-refractivity contribution in [3.8, 4) is 0 Å². The number of esters is 1. The van der Waals surface area contributed by atoms with Crippen molar-refractivity contribution >= 4 is 5.97 Å². The summed E-state index contributed by atoms with van der Waals surface area (Å²) >= 11 is 0. The maximum Gasteiger partial charge on any atom is 0.310 e. The molecule has 0 spiro atoms. The Morgan fingerprint density at radius 1 is 1.25 bits per heavy atom. The van der Waals surface area contributed by atoms with Crippen LogP contribution in [0.15, 0.2) is 0 Å². The molecule has 5 heteroatoms. The Hall–Kier alpha value is -0.650. The van der Waals surface area contributed by atoms with Crippen LogP contribution in [0.3, 0.4) is 0 Å². The maximum atomic E-state index is 11.4. The fourth-order valence-electron chi connectivity index (χ4n) is 1.73. The van der Waals surface area contributed by atoms with Crippen LogP contribution in [0.4, 0.5) is 0 Å². The van der Waals surface area contributed by atoms with Crippen molar-refractivity contribution in [2.45, 2.75) is 19.9 Å². The molecule has 0 aromatic rings. The number of hydrogen-bond donors (Lipinski definition) is 1. The Kier molecular flexibility index (Phi) is 5.18. The molecule has 1 aliphatic heterocycles. The molecule has 1 rings (SSSR count). The predicted molar refractivity (Wildman–Crippen MR) is 62.8 cm³/mol. The van der Waals surface area contributed by atoms with E-state index in [1.54, 1.807) is 0 Å². The number of carbonyl (C=O) groups excluding carboxylic acids is 1. The Morgan fingerprint density at radius 2 is 1.81 bits per heavy atom. The normalized spacial score (nSPS) is 22.8. The monoisotopic (exact) mass is 229 g/mol. The van der Waals surface area contributed by atoms with Gasteiger partial charge in [-0.05, 0) is 14.0 Å². The van der Waals surface area contributed by atoms with Crippen LogP contribution in [-0.4, -0.2) is 62.3 Å². The van der Waals surface area contributed by atoms with Gasteiger partial charge in [-0.2, -0.15) is 0 Å². The number of hydrogen-bond acceptors (Lipinski definition) is 5. The van der Waals surface area contributed by atoms with E-state index in [9.17, 15) is 4.79 Å². The van der Waals surface area contributed by atoms with E-state index in [1.165, 1.54) is 7.11 Å². The highest BCUT2D eigenvalue weighted by atomic mass is 16.5. The summed E-state index contributed by atoms with van der Waals surface area (Å²) in [7, 11) is 3.55. The number of methoxy groups -OCH3 is 1. The number of piperazine rings is 1. The van der Waals surface area contributed by atoms with Gasteiger partial charge in [0.25, 0.3) is 0 Å². The van der Waals surface area contributed by atoms with Crippen LogP contribution in [0.25, 0.3) is 0 Å². The van der Waals surface area contributed by atoms with Gasteiger partial charge in [0.15, 0.2) is 0 Å². The molecule has 0 aromatic carbocycles. The molecule has 0 bridgehead atoms. The number of nitrogens with one attached hydrogen (secondary N) is 1. The van der Waals surface area contributed by atoms with Gasteiger partial charge in [-0.1, -0.05) is 6.92 Å². The predicted octanol–water partition coefficient (Wildman–Crippen LogP) is -0.0640. The Labute approximate surface area is 97.7 Å². The van der Waals surface area contributed by atoms with Gasteiger partial charge in [0, 0.05) is 32.2 Å². The van der Waals surface area contributed by atoms with Crippen LogP contribution in [0, 0.1) is 5.92 Å². The van der Waals surface area contributed by atoms with Crippen LogP contribution in [-0.2, 0) is 9.53 Å². The van der Waals surface area contributed by atoms with E-state index >= 15 is 0 Å². The lowest BCUT2D eigenvalue weighted by molar-refractivity contribution is -0.146. The average Bonchev–Trinajstić information content (AvgIpc) is 2.30. The van der Waals surface area contributed by atoms with Crippen molar-refractivity contribution in [3.05, 3.63) is 0 Å². The fraction of sp³-hybridized carbons (Fsp3) is 0.909. The SMILES string of the molecule is COC(=O)C(C)C(C)NN1CCN(C)CC1. The van der Waals surface area contributed by atoms with Crippen molar-refractivity contribution in [3.63, 3.8) is 0 Å². The highest BCUT2D eigenvalue weighted by Gasteiger charge is 2.23. The van der Waals surface area contributed by atoms with Crippen molar-refractivity contribution in [2.75, 3.05) is 40.3 Å². The van der Waals surface area contributed by atoms with Crippen LogP contribution in [0.1, 0.15) is 13.8 Å². The molecule has 0 aliphatic carbocycles. The quantitative estimate of drug-likeness (QED) is 0.684. The highest BCUT2D eigenvalue weighted by molar-refractivity contribution is 5.72. The first-order valence-electron chi connectivity index (χ1n) is 5.82. The molecule has 1 aliphatic rings. The first-order chi connectivity index (χ1) is 7.54. The molecule has 2 unspecified atom stereocenters. The molecule has 5 nitrogen and oxygen atoms in total. The number of rotatable bonds is 4. The van der Waals surface area contributed by atoms with Crippen LogP contribution in [0.2, 0.25) is 0 Å². The highest BCUT2D eigenvalue weighted by Crippen LogP contribution is 2.06. The van der Waals surface area contributed by atoms with E-state index in [2.05, 4.69) is 22.4 Å². The largest absolute Gasteiger partial charge is 0.469 e. The summed E-state index contributed by atoms with van der Waals surface area (Å²) in [6.07, 6.45) is 0. The van der Waals surface area contributed by atoms with E-state index < -0.39 is 0 Å². The van der Waals surface area contributed by atoms with E-state index in [4.69, 9.17) is 4.74 Å². The fourth-order valence-corrected chi connectivity index (χ4v) is 1.73. The van der Waals surface area contributed by atoms with Crippen molar-refractivity contribution in [2.24, 2.45) is 5.92 Å². The van der Waals surface area contributed by atoms with Gasteiger partial charge in [-0.25, -0.2) is 5.01 Å². The third-order valence-corrected chi connectivity index (χ3v) is 3.21. The summed E-state index contributed by atoms with van der Waals surface area (Å²) in [5.41, 5.74) is 3.36. The molecule has 0 aromatic heterocycles. The summed E-state index contributed by atoms with van der Waals surface area (Å²) in [5.74, 6) is -0.279. The zero-order chi connectivity index (χ0) is 12.1.